The van der Waals surface area contributed by atoms with E-state index in [1.54, 1.807) is 16.8 Å². The number of benzene rings is 1. The molecule has 1 aliphatic rings. The molecule has 0 radical (unpaired) electrons. The Hall–Kier alpha value is -1.97. The highest BCUT2D eigenvalue weighted by atomic mass is 19.1. The van der Waals surface area contributed by atoms with E-state index in [0.717, 1.165) is 5.56 Å². The van der Waals surface area contributed by atoms with E-state index < -0.39 is 0 Å². The summed E-state index contributed by atoms with van der Waals surface area (Å²) >= 11 is 0. The fourth-order valence-electron chi connectivity index (χ4n) is 2.31. The molecule has 3 nitrogen and oxygen atoms in total. The highest BCUT2D eigenvalue weighted by molar-refractivity contribution is 5.64. The van der Waals surface area contributed by atoms with Gasteiger partial charge in [0.05, 0.1) is 5.69 Å². The van der Waals surface area contributed by atoms with Crippen LogP contribution in [0.2, 0.25) is 0 Å². The van der Waals surface area contributed by atoms with E-state index in [0.29, 0.717) is 29.5 Å². The van der Waals surface area contributed by atoms with Crippen LogP contribution < -0.4 is 0 Å². The van der Waals surface area contributed by atoms with Crippen LogP contribution in [0.4, 0.5) is 10.2 Å². The number of aryl methyl sites for hydroxylation is 1. The van der Waals surface area contributed by atoms with Gasteiger partial charge in [-0.3, -0.25) is 0 Å². The number of halogens is 1. The lowest BCUT2D eigenvalue weighted by molar-refractivity contribution is 0.625. The molecule has 0 atom stereocenters. The minimum atomic E-state index is -0.208. The minimum absolute atomic E-state index is 0.208. The monoisotopic (exact) mass is 257 g/mol. The van der Waals surface area contributed by atoms with Gasteiger partial charge in [0, 0.05) is 18.2 Å². The van der Waals surface area contributed by atoms with Crippen molar-refractivity contribution < 1.29 is 4.39 Å². The molecular weight excluding hydrogens is 241 g/mol. The largest absolute Gasteiger partial charge is 0.248 e. The lowest BCUT2D eigenvalue weighted by Gasteiger charge is -2.03. The molecule has 0 amide bonds. The summed E-state index contributed by atoms with van der Waals surface area (Å²) in [7, 11) is 0. The van der Waals surface area contributed by atoms with E-state index >= 15 is 0 Å². The molecule has 0 saturated heterocycles. The van der Waals surface area contributed by atoms with Crippen LogP contribution in [0.5, 0.6) is 0 Å². The number of hydrogen-bond acceptors (Lipinski definition) is 2. The number of hydrogen-bond donors (Lipinski definition) is 0. The average Bonchev–Trinajstić information content (AvgIpc) is 3.18. The fraction of sp³-hybridized carbons (Fsp3) is 0.333. The first-order valence-electron chi connectivity index (χ1n) is 6.57. The maximum atomic E-state index is 14.2. The van der Waals surface area contributed by atoms with Gasteiger partial charge in [0.25, 0.3) is 0 Å². The fourth-order valence-corrected chi connectivity index (χ4v) is 2.31. The number of aliphatic imine (C=N–C) groups is 1. The first-order valence-corrected chi connectivity index (χ1v) is 6.57. The van der Waals surface area contributed by atoms with E-state index in [1.165, 1.54) is 12.8 Å². The second kappa shape index (κ2) is 4.61. The lowest BCUT2D eigenvalue weighted by atomic mass is 10.1. The molecule has 1 aromatic carbocycles. The number of aromatic nitrogens is 2. The maximum Gasteiger partial charge on any atom is 0.150 e. The van der Waals surface area contributed by atoms with Crippen LogP contribution in [0.3, 0.4) is 0 Å². The Balaban J connectivity index is 2.01. The zero-order valence-corrected chi connectivity index (χ0v) is 10.9. The summed E-state index contributed by atoms with van der Waals surface area (Å²) in [4.78, 5) is 3.90. The first kappa shape index (κ1) is 12.1. The van der Waals surface area contributed by atoms with Crippen molar-refractivity contribution in [2.24, 2.45) is 4.99 Å². The molecule has 2 aromatic rings. The van der Waals surface area contributed by atoms with E-state index in [1.807, 2.05) is 19.1 Å². The molecule has 0 N–H and O–H groups in total. The molecule has 0 bridgehead atoms. The molecule has 1 aromatic heterocycles. The second-order valence-electron chi connectivity index (χ2n) is 4.88. The van der Waals surface area contributed by atoms with Crippen molar-refractivity contribution in [1.29, 1.82) is 0 Å². The van der Waals surface area contributed by atoms with Crippen molar-refractivity contribution in [3.63, 3.8) is 0 Å². The Labute approximate surface area is 111 Å². The van der Waals surface area contributed by atoms with Gasteiger partial charge in [0.1, 0.15) is 11.6 Å². The Morgan fingerprint density at radius 2 is 2.21 bits per heavy atom. The third kappa shape index (κ3) is 2.18. The molecule has 4 heteroatoms. The van der Waals surface area contributed by atoms with E-state index in [4.69, 9.17) is 0 Å². The van der Waals surface area contributed by atoms with Crippen LogP contribution in [0.1, 0.15) is 31.2 Å². The van der Waals surface area contributed by atoms with Crippen molar-refractivity contribution in [1.82, 2.24) is 9.78 Å². The van der Waals surface area contributed by atoms with E-state index in [9.17, 15) is 4.39 Å². The average molecular weight is 257 g/mol. The summed E-state index contributed by atoms with van der Waals surface area (Å²) in [6.45, 7) is 6.17. The van der Waals surface area contributed by atoms with Gasteiger partial charge in [-0.1, -0.05) is 6.07 Å². The zero-order chi connectivity index (χ0) is 13.4. The van der Waals surface area contributed by atoms with Crippen LogP contribution >= 0.6 is 0 Å². The van der Waals surface area contributed by atoms with Crippen molar-refractivity contribution >= 4 is 12.5 Å². The first-order chi connectivity index (χ1) is 9.22. The molecule has 19 heavy (non-hydrogen) atoms. The number of nitrogens with zero attached hydrogens (tertiary/aromatic N) is 3. The van der Waals surface area contributed by atoms with E-state index in [-0.39, 0.29) is 5.82 Å². The van der Waals surface area contributed by atoms with Gasteiger partial charge in [-0.25, -0.2) is 14.1 Å². The molecular formula is C15H16FN3. The Morgan fingerprint density at radius 1 is 1.42 bits per heavy atom. The van der Waals surface area contributed by atoms with Gasteiger partial charge < -0.3 is 0 Å². The van der Waals surface area contributed by atoms with Gasteiger partial charge in [-0.05, 0) is 50.1 Å². The van der Waals surface area contributed by atoms with Gasteiger partial charge in [-0.15, -0.1) is 0 Å². The molecule has 0 aliphatic heterocycles. The normalized spacial score (nSPS) is 14.6. The topological polar surface area (TPSA) is 30.2 Å². The summed E-state index contributed by atoms with van der Waals surface area (Å²) in [5.74, 6) is 1.02. The Bertz CT molecular complexity index is 626. The van der Waals surface area contributed by atoms with Gasteiger partial charge in [0.2, 0.25) is 0 Å². The predicted octanol–water partition coefficient (Wildman–Crippen LogP) is 3.92. The molecule has 1 heterocycles. The highest BCUT2D eigenvalue weighted by Crippen LogP contribution is 2.41. The van der Waals surface area contributed by atoms with Crippen LogP contribution in [-0.4, -0.2) is 16.5 Å². The predicted molar refractivity (Wildman–Crippen MR) is 74.5 cm³/mol. The Kier molecular flexibility index (Phi) is 2.93. The SMILES string of the molecule is C=Nc1cc(-c2ccc(C3CC3)cc2F)nn1CC. The summed E-state index contributed by atoms with van der Waals surface area (Å²) in [6, 6.07) is 7.23. The molecule has 0 unspecified atom stereocenters. The van der Waals surface area contributed by atoms with Crippen molar-refractivity contribution in [3.8, 4) is 11.3 Å². The van der Waals surface area contributed by atoms with Crippen molar-refractivity contribution in [2.45, 2.75) is 32.2 Å². The van der Waals surface area contributed by atoms with E-state index in [2.05, 4.69) is 16.8 Å². The minimum Gasteiger partial charge on any atom is -0.248 e. The summed E-state index contributed by atoms with van der Waals surface area (Å²) < 4.78 is 15.9. The lowest BCUT2D eigenvalue weighted by Crippen LogP contribution is -1.96. The van der Waals surface area contributed by atoms with Crippen molar-refractivity contribution in [2.75, 3.05) is 0 Å². The Morgan fingerprint density at radius 3 is 2.74 bits per heavy atom. The molecule has 0 spiro atoms. The smallest absolute Gasteiger partial charge is 0.150 e. The quantitative estimate of drug-likeness (QED) is 0.763. The van der Waals surface area contributed by atoms with Crippen molar-refractivity contribution in [3.05, 3.63) is 35.6 Å². The summed E-state index contributed by atoms with van der Waals surface area (Å²) in [5.41, 5.74) is 2.24. The second-order valence-corrected chi connectivity index (χ2v) is 4.88. The zero-order valence-electron chi connectivity index (χ0n) is 10.9. The van der Waals surface area contributed by atoms with Gasteiger partial charge in [-0.2, -0.15) is 5.10 Å². The molecule has 3 rings (SSSR count). The van der Waals surface area contributed by atoms with Gasteiger partial charge in [0.15, 0.2) is 0 Å². The van der Waals surface area contributed by atoms with Crippen LogP contribution in [0.15, 0.2) is 29.3 Å². The van der Waals surface area contributed by atoms with Crippen LogP contribution in [0.25, 0.3) is 11.3 Å². The van der Waals surface area contributed by atoms with Crippen LogP contribution in [0, 0.1) is 5.82 Å². The standard InChI is InChI=1S/C15H16FN3/c1-3-19-15(17-2)9-14(18-19)12-7-6-11(8-13(12)16)10-4-5-10/h6-10H,2-5H2,1H3. The summed E-state index contributed by atoms with van der Waals surface area (Å²) in [6.07, 6.45) is 2.35. The number of rotatable bonds is 4. The molecule has 1 saturated carbocycles. The van der Waals surface area contributed by atoms with Crippen LogP contribution in [-0.2, 0) is 6.54 Å². The molecule has 1 aliphatic carbocycles. The highest BCUT2D eigenvalue weighted by Gasteiger charge is 2.24. The third-order valence-electron chi connectivity index (χ3n) is 3.54. The maximum absolute atomic E-state index is 14.2. The summed E-state index contributed by atoms with van der Waals surface area (Å²) in [5, 5.41) is 4.36. The molecule has 1 fully saturated rings. The molecule has 98 valence electrons. The third-order valence-corrected chi connectivity index (χ3v) is 3.54. The van der Waals surface area contributed by atoms with Gasteiger partial charge >= 0.3 is 0 Å².